The second-order valence-electron chi connectivity index (χ2n) is 7.20. The van der Waals surface area contributed by atoms with Crippen LogP contribution in [0, 0.1) is 29.6 Å². The van der Waals surface area contributed by atoms with Crippen LogP contribution in [0.4, 0.5) is 0 Å². The molecule has 0 spiro atoms. The molecule has 5 atom stereocenters. The van der Waals surface area contributed by atoms with Gasteiger partial charge < -0.3 is 5.32 Å². The summed E-state index contributed by atoms with van der Waals surface area (Å²) in [5.41, 5.74) is 1.40. The second kappa shape index (κ2) is 5.38. The fraction of sp³-hybridized carbons (Fsp3) is 0.824. The van der Waals surface area contributed by atoms with Crippen LogP contribution >= 0.6 is 15.9 Å². The van der Waals surface area contributed by atoms with Gasteiger partial charge in [-0.25, -0.2) is 0 Å². The first-order valence-electron chi connectivity index (χ1n) is 8.70. The monoisotopic (exact) mass is 351 g/mol. The second-order valence-corrected chi connectivity index (χ2v) is 8.06. The summed E-state index contributed by atoms with van der Waals surface area (Å²) in [5, 5.41) is 8.39. The minimum atomic E-state index is 0.497. The molecular formula is C17H26BrN3. The van der Waals surface area contributed by atoms with Crippen LogP contribution in [0.3, 0.4) is 0 Å². The number of fused-ring (bicyclic) bond motifs is 5. The van der Waals surface area contributed by atoms with Gasteiger partial charge >= 0.3 is 0 Å². The van der Waals surface area contributed by atoms with Crippen molar-refractivity contribution < 1.29 is 0 Å². The molecule has 116 valence electrons. The molecule has 3 aliphatic carbocycles. The highest BCUT2D eigenvalue weighted by Gasteiger charge is 2.67. The number of hydrogen-bond acceptors (Lipinski definition) is 2. The molecule has 0 aromatic carbocycles. The molecule has 5 unspecified atom stereocenters. The Labute approximate surface area is 136 Å². The van der Waals surface area contributed by atoms with Crippen molar-refractivity contribution in [1.29, 1.82) is 0 Å². The summed E-state index contributed by atoms with van der Waals surface area (Å²) >= 11 is 3.76. The summed E-state index contributed by atoms with van der Waals surface area (Å²) in [5.74, 6) is 4.94. The number of nitrogens with zero attached hydrogens (tertiary/aromatic N) is 2. The molecule has 1 heterocycles. The quantitative estimate of drug-likeness (QED) is 0.839. The molecule has 4 heteroatoms. The van der Waals surface area contributed by atoms with Crippen molar-refractivity contribution in [2.24, 2.45) is 29.6 Å². The Morgan fingerprint density at radius 3 is 2.67 bits per heavy atom. The van der Waals surface area contributed by atoms with Crippen molar-refractivity contribution in [3.05, 3.63) is 16.4 Å². The van der Waals surface area contributed by atoms with Crippen molar-refractivity contribution in [3.8, 4) is 0 Å². The van der Waals surface area contributed by atoms with E-state index in [1.165, 1.54) is 29.4 Å². The van der Waals surface area contributed by atoms with Gasteiger partial charge in [-0.05, 0) is 77.7 Å². The number of aryl methyl sites for hydroxylation is 1. The van der Waals surface area contributed by atoms with E-state index in [1.54, 1.807) is 0 Å². The average molecular weight is 352 g/mol. The molecule has 3 fully saturated rings. The summed E-state index contributed by atoms with van der Waals surface area (Å²) < 4.78 is 3.42. The van der Waals surface area contributed by atoms with Crippen LogP contribution in [-0.2, 0) is 6.54 Å². The van der Waals surface area contributed by atoms with Gasteiger partial charge in [0.2, 0.25) is 0 Å². The van der Waals surface area contributed by atoms with E-state index in [-0.39, 0.29) is 0 Å². The predicted octanol–water partition coefficient (Wildman–Crippen LogP) is 4.00. The van der Waals surface area contributed by atoms with Gasteiger partial charge in [0.25, 0.3) is 0 Å². The molecule has 2 bridgehead atoms. The third-order valence-electron chi connectivity index (χ3n) is 6.17. The van der Waals surface area contributed by atoms with Gasteiger partial charge in [-0.15, -0.1) is 0 Å². The molecule has 3 aliphatic rings. The predicted molar refractivity (Wildman–Crippen MR) is 87.9 cm³/mol. The fourth-order valence-corrected chi connectivity index (χ4v) is 6.09. The van der Waals surface area contributed by atoms with Gasteiger partial charge in [0.05, 0.1) is 22.4 Å². The van der Waals surface area contributed by atoms with E-state index in [0.717, 1.165) is 49.1 Å². The Kier molecular flexibility index (Phi) is 3.65. The number of nitrogens with one attached hydrogen (secondary N) is 1. The Balaban J connectivity index is 1.62. The lowest BCUT2D eigenvalue weighted by atomic mass is 9.95. The minimum absolute atomic E-state index is 0.497. The molecule has 0 amide bonds. The van der Waals surface area contributed by atoms with Crippen LogP contribution in [-0.4, -0.2) is 16.3 Å². The first-order chi connectivity index (χ1) is 10.3. The highest BCUT2D eigenvalue weighted by atomic mass is 79.9. The Morgan fingerprint density at radius 2 is 2.05 bits per heavy atom. The number of rotatable bonds is 6. The van der Waals surface area contributed by atoms with E-state index in [9.17, 15) is 0 Å². The van der Waals surface area contributed by atoms with Gasteiger partial charge in [0.15, 0.2) is 0 Å². The zero-order chi connectivity index (χ0) is 14.6. The Bertz CT molecular complexity index is 510. The third-order valence-corrected chi connectivity index (χ3v) is 6.78. The maximum absolute atomic E-state index is 4.60. The van der Waals surface area contributed by atoms with Gasteiger partial charge in [0.1, 0.15) is 0 Å². The topological polar surface area (TPSA) is 29.9 Å². The first-order valence-corrected chi connectivity index (χ1v) is 9.50. The largest absolute Gasteiger partial charge is 0.309 e. The lowest BCUT2D eigenvalue weighted by Crippen LogP contribution is -2.28. The Hall–Kier alpha value is -0.350. The Morgan fingerprint density at radius 1 is 1.33 bits per heavy atom. The van der Waals surface area contributed by atoms with E-state index in [4.69, 9.17) is 0 Å². The molecule has 21 heavy (non-hydrogen) atoms. The van der Waals surface area contributed by atoms with Gasteiger partial charge in [-0.1, -0.05) is 13.8 Å². The van der Waals surface area contributed by atoms with Crippen LogP contribution in [0.15, 0.2) is 10.7 Å². The summed E-state index contributed by atoms with van der Waals surface area (Å²) in [6.45, 7) is 6.53. The van der Waals surface area contributed by atoms with Crippen molar-refractivity contribution in [2.45, 2.75) is 52.1 Å². The number of hydrogen-bond donors (Lipinski definition) is 1. The van der Waals surface area contributed by atoms with Crippen LogP contribution in [0.25, 0.3) is 0 Å². The van der Waals surface area contributed by atoms with Crippen LogP contribution in [0.2, 0.25) is 0 Å². The maximum Gasteiger partial charge on any atom is 0.0698 e. The molecule has 1 aromatic heterocycles. The van der Waals surface area contributed by atoms with E-state index in [0.29, 0.717) is 6.04 Å². The van der Waals surface area contributed by atoms with Gasteiger partial charge in [-0.2, -0.15) is 5.10 Å². The summed E-state index contributed by atoms with van der Waals surface area (Å²) in [7, 11) is 0. The highest BCUT2D eigenvalue weighted by Crippen LogP contribution is 2.72. The zero-order valence-electron chi connectivity index (χ0n) is 13.1. The van der Waals surface area contributed by atoms with E-state index < -0.39 is 0 Å². The van der Waals surface area contributed by atoms with Crippen LogP contribution < -0.4 is 5.32 Å². The van der Waals surface area contributed by atoms with E-state index >= 15 is 0 Å². The molecule has 4 rings (SSSR count). The highest BCUT2D eigenvalue weighted by molar-refractivity contribution is 9.10. The normalized spacial score (nSPS) is 37.8. The number of halogens is 1. The minimum Gasteiger partial charge on any atom is -0.309 e. The van der Waals surface area contributed by atoms with Crippen molar-refractivity contribution >= 4 is 15.9 Å². The smallest absolute Gasteiger partial charge is 0.0698 e. The molecule has 1 aromatic rings. The van der Waals surface area contributed by atoms with E-state index in [2.05, 4.69) is 44.9 Å². The molecular weight excluding hydrogens is 326 g/mol. The first kappa shape index (κ1) is 14.3. The lowest BCUT2D eigenvalue weighted by molar-refractivity contribution is 0.355. The molecule has 0 radical (unpaired) electrons. The van der Waals surface area contributed by atoms with E-state index in [1.807, 2.05) is 6.20 Å². The lowest BCUT2D eigenvalue weighted by Gasteiger charge is -2.23. The van der Waals surface area contributed by atoms with Gasteiger partial charge in [-0.3, -0.25) is 4.68 Å². The van der Waals surface area contributed by atoms with Gasteiger partial charge in [0, 0.05) is 6.54 Å². The molecule has 0 saturated heterocycles. The molecule has 1 N–H and O–H groups in total. The fourth-order valence-electron chi connectivity index (χ4n) is 5.54. The standard InChI is InChI=1S/C17H26BrN3/c1-3-7-21-17(12(18)9-20-21)16(19-4-2)15-13-10-5-6-11(8-10)14(13)15/h9-11,13-16,19H,3-8H2,1-2H3. The summed E-state index contributed by atoms with van der Waals surface area (Å²) in [6, 6.07) is 0.497. The number of aromatic nitrogens is 2. The summed E-state index contributed by atoms with van der Waals surface area (Å²) in [6.07, 6.45) is 7.65. The maximum atomic E-state index is 4.60. The molecule has 3 nitrogen and oxygen atoms in total. The van der Waals surface area contributed by atoms with Crippen molar-refractivity contribution in [3.63, 3.8) is 0 Å². The molecule has 0 aliphatic heterocycles. The molecule has 3 saturated carbocycles. The van der Waals surface area contributed by atoms with Crippen LogP contribution in [0.1, 0.15) is 51.3 Å². The zero-order valence-corrected chi connectivity index (χ0v) is 14.6. The average Bonchev–Trinajstić information content (AvgIpc) is 2.77. The van der Waals surface area contributed by atoms with Crippen LogP contribution in [0.5, 0.6) is 0 Å². The summed E-state index contributed by atoms with van der Waals surface area (Å²) in [4.78, 5) is 0. The van der Waals surface area contributed by atoms with Crippen molar-refractivity contribution in [1.82, 2.24) is 15.1 Å². The van der Waals surface area contributed by atoms with Crippen molar-refractivity contribution in [2.75, 3.05) is 6.54 Å². The SMILES string of the molecule is CCCn1ncc(Br)c1C(NCC)C1C2C3CCC(C3)C21. The third kappa shape index (κ3) is 2.13.